The van der Waals surface area contributed by atoms with Crippen LogP contribution >= 0.6 is 0 Å². The first-order valence-corrected chi connectivity index (χ1v) is 14.3. The second kappa shape index (κ2) is 17.1. The molecule has 10 nitrogen and oxygen atoms in total. The Bertz CT molecular complexity index is 1270. The molecular formula is C32H40F2N2O8. The molecule has 44 heavy (non-hydrogen) atoms. The summed E-state index contributed by atoms with van der Waals surface area (Å²) in [6.07, 6.45) is -6.06. The average Bonchev–Trinajstić information content (AvgIpc) is 3.04. The van der Waals surface area contributed by atoms with Gasteiger partial charge in [-0.15, -0.1) is 0 Å². The lowest BCUT2D eigenvalue weighted by atomic mass is 9.98. The van der Waals surface area contributed by atoms with Crippen molar-refractivity contribution in [1.29, 1.82) is 0 Å². The second-order valence-electron chi connectivity index (χ2n) is 10.5. The van der Waals surface area contributed by atoms with Gasteiger partial charge in [0.05, 0.1) is 24.4 Å². The quantitative estimate of drug-likeness (QED) is 0.151. The van der Waals surface area contributed by atoms with Crippen LogP contribution in [0.2, 0.25) is 0 Å². The monoisotopic (exact) mass is 618 g/mol. The Morgan fingerprint density at radius 1 is 0.886 bits per heavy atom. The van der Waals surface area contributed by atoms with Crippen LogP contribution in [0, 0.1) is 11.6 Å². The molecule has 3 aromatic rings. The van der Waals surface area contributed by atoms with Crippen LogP contribution in [-0.4, -0.2) is 86.3 Å². The second-order valence-corrected chi connectivity index (χ2v) is 10.5. The van der Waals surface area contributed by atoms with E-state index in [-0.39, 0.29) is 30.3 Å². The summed E-state index contributed by atoms with van der Waals surface area (Å²) in [6.45, 7) is 1.49. The summed E-state index contributed by atoms with van der Waals surface area (Å²) in [5.41, 5.74) is 2.52. The maximum atomic E-state index is 12.9. The Labute approximate surface area is 254 Å². The zero-order chi connectivity index (χ0) is 32.2. The van der Waals surface area contributed by atoms with Crippen molar-refractivity contribution in [3.8, 4) is 0 Å². The van der Waals surface area contributed by atoms with Gasteiger partial charge in [-0.05, 0) is 73.7 Å². The highest BCUT2D eigenvalue weighted by atomic mass is 19.1. The minimum atomic E-state index is -1.89. The molecule has 4 rings (SSSR count). The van der Waals surface area contributed by atoms with E-state index in [1.54, 1.807) is 29.3 Å². The largest absolute Gasteiger partial charge is 0.394 e. The van der Waals surface area contributed by atoms with Gasteiger partial charge in [-0.1, -0.05) is 42.5 Å². The van der Waals surface area contributed by atoms with Crippen molar-refractivity contribution in [2.45, 2.75) is 68.9 Å². The predicted molar refractivity (Wildman–Crippen MR) is 158 cm³/mol. The van der Waals surface area contributed by atoms with E-state index in [1.807, 2.05) is 37.3 Å². The zero-order valence-electron chi connectivity index (χ0n) is 24.3. The van der Waals surface area contributed by atoms with Crippen molar-refractivity contribution in [3.05, 3.63) is 102 Å². The van der Waals surface area contributed by atoms with Crippen LogP contribution in [0.15, 0.2) is 78.9 Å². The summed E-state index contributed by atoms with van der Waals surface area (Å²) in [5, 5.41) is 60.6. The Morgan fingerprint density at radius 3 is 2.05 bits per heavy atom. The number of benzene rings is 3. The summed E-state index contributed by atoms with van der Waals surface area (Å²) in [6, 6.07) is 21.6. The van der Waals surface area contributed by atoms with Crippen LogP contribution in [0.1, 0.15) is 37.0 Å². The summed E-state index contributed by atoms with van der Waals surface area (Å²) < 4.78 is 25.8. The molecule has 240 valence electrons. The molecule has 0 aliphatic carbocycles. The van der Waals surface area contributed by atoms with Crippen molar-refractivity contribution < 1.29 is 49.1 Å². The van der Waals surface area contributed by atoms with E-state index in [1.165, 1.54) is 24.3 Å². The van der Waals surface area contributed by atoms with Crippen LogP contribution in [0.5, 0.6) is 0 Å². The van der Waals surface area contributed by atoms with Gasteiger partial charge in [0, 0.05) is 6.54 Å². The number of nitrogens with one attached hydrogen (secondary N) is 1. The van der Waals surface area contributed by atoms with Crippen molar-refractivity contribution in [2.75, 3.05) is 18.2 Å². The highest BCUT2D eigenvalue weighted by Crippen LogP contribution is 2.33. The number of anilines is 1. The minimum Gasteiger partial charge on any atom is -0.394 e. The van der Waals surface area contributed by atoms with Gasteiger partial charge in [0.1, 0.15) is 36.1 Å². The third kappa shape index (κ3) is 10.0. The van der Waals surface area contributed by atoms with Gasteiger partial charge in [0.15, 0.2) is 6.10 Å². The number of hydrogen-bond acceptors (Lipinski definition) is 9. The number of amides is 1. The molecule has 7 N–H and O–H groups in total. The van der Waals surface area contributed by atoms with Gasteiger partial charge in [0.25, 0.3) is 5.91 Å². The Kier molecular flexibility index (Phi) is 13.6. The molecule has 1 aliphatic rings. The number of rotatable bonds is 13. The van der Waals surface area contributed by atoms with E-state index in [0.29, 0.717) is 24.8 Å². The number of halogens is 2. The Balaban J connectivity index is 0.000000242. The fourth-order valence-electron chi connectivity index (χ4n) is 4.53. The molecule has 1 amide bonds. The summed E-state index contributed by atoms with van der Waals surface area (Å²) >= 11 is 0. The molecule has 1 saturated heterocycles. The summed E-state index contributed by atoms with van der Waals surface area (Å²) in [4.78, 5) is 17.3. The van der Waals surface area contributed by atoms with Gasteiger partial charge in [-0.3, -0.25) is 9.63 Å². The number of hydrogen-bond donors (Lipinski definition) is 7. The van der Waals surface area contributed by atoms with Crippen LogP contribution in [0.3, 0.4) is 0 Å². The molecule has 1 fully saturated rings. The lowest BCUT2D eigenvalue weighted by molar-refractivity contribution is -0.148. The first-order chi connectivity index (χ1) is 21.0. The first kappa shape index (κ1) is 35.0. The molecule has 0 radical (unpaired) electrons. The third-order valence-corrected chi connectivity index (χ3v) is 7.30. The minimum absolute atomic E-state index is 0.00940. The number of nitrogens with zero attached hydrogens (tertiary/aromatic N) is 1. The molecule has 0 bridgehead atoms. The van der Waals surface area contributed by atoms with Crippen LogP contribution in [0.25, 0.3) is 0 Å². The van der Waals surface area contributed by atoms with Crippen molar-refractivity contribution in [2.24, 2.45) is 0 Å². The fourth-order valence-corrected chi connectivity index (χ4v) is 4.53. The highest BCUT2D eigenvalue weighted by Gasteiger charge is 2.37. The fraction of sp³-hybridized carbons (Fsp3) is 0.406. The molecule has 0 spiro atoms. The molecule has 7 unspecified atom stereocenters. The molecule has 0 aromatic heterocycles. The predicted octanol–water partition coefficient (Wildman–Crippen LogP) is 1.77. The summed E-state index contributed by atoms with van der Waals surface area (Å²) in [5.74, 6) is -1.45. The zero-order valence-corrected chi connectivity index (χ0v) is 24.3. The first-order valence-electron chi connectivity index (χ1n) is 14.3. The van der Waals surface area contributed by atoms with E-state index < -0.39 is 43.0 Å². The molecule has 1 aliphatic heterocycles. The standard InChI is InChI=1S/C18H19F2NO2.C14H21NO6/c1-12-18(23-21(12)16-8-6-15(20)7-9-16)11-10-17(22)13-2-4-14(19)5-3-13;16-8-10(17)11(18)12(19)13(20)14(21)15-7-6-9-4-2-1-3-5-9/h2-9,12,17-18,22H,10-11H2,1H3;1-5,10-13,16-20H,6-8H2,(H,15,21). The number of aliphatic hydroxyl groups is 6. The van der Waals surface area contributed by atoms with E-state index in [4.69, 9.17) is 15.1 Å². The third-order valence-electron chi connectivity index (χ3n) is 7.30. The number of aliphatic hydroxyl groups excluding tert-OH is 6. The van der Waals surface area contributed by atoms with E-state index in [9.17, 15) is 34.0 Å². The number of hydroxylamine groups is 1. The van der Waals surface area contributed by atoms with Crippen LogP contribution < -0.4 is 10.4 Å². The smallest absolute Gasteiger partial charge is 0.251 e. The molecule has 0 saturated carbocycles. The lowest BCUT2D eigenvalue weighted by Crippen LogP contribution is -2.56. The van der Waals surface area contributed by atoms with E-state index in [2.05, 4.69) is 5.32 Å². The van der Waals surface area contributed by atoms with Crippen LogP contribution in [0.4, 0.5) is 14.5 Å². The highest BCUT2D eigenvalue weighted by molar-refractivity contribution is 5.81. The maximum absolute atomic E-state index is 12.9. The molecule has 3 aromatic carbocycles. The normalized spacial score (nSPS) is 19.4. The molecule has 7 atom stereocenters. The van der Waals surface area contributed by atoms with Crippen LogP contribution in [-0.2, 0) is 16.1 Å². The van der Waals surface area contributed by atoms with Crippen molar-refractivity contribution in [3.63, 3.8) is 0 Å². The topological polar surface area (TPSA) is 163 Å². The Morgan fingerprint density at radius 2 is 1.48 bits per heavy atom. The number of carbonyl (C=O) groups excluding carboxylic acids is 1. The van der Waals surface area contributed by atoms with E-state index in [0.717, 1.165) is 11.3 Å². The van der Waals surface area contributed by atoms with Gasteiger partial charge in [0.2, 0.25) is 0 Å². The average molecular weight is 619 g/mol. The lowest BCUT2D eigenvalue weighted by Gasteiger charge is -2.46. The van der Waals surface area contributed by atoms with Gasteiger partial charge >= 0.3 is 0 Å². The Hall–Kier alpha value is -3.49. The van der Waals surface area contributed by atoms with Crippen molar-refractivity contribution >= 4 is 11.6 Å². The molecular weight excluding hydrogens is 578 g/mol. The molecule has 1 heterocycles. The molecule has 12 heteroatoms. The van der Waals surface area contributed by atoms with Gasteiger partial charge < -0.3 is 36.0 Å². The van der Waals surface area contributed by atoms with E-state index >= 15 is 0 Å². The van der Waals surface area contributed by atoms with Gasteiger partial charge in [-0.25, -0.2) is 13.8 Å². The number of carbonyl (C=O) groups is 1. The summed E-state index contributed by atoms with van der Waals surface area (Å²) in [7, 11) is 0. The van der Waals surface area contributed by atoms with Crippen molar-refractivity contribution in [1.82, 2.24) is 5.32 Å². The maximum Gasteiger partial charge on any atom is 0.251 e. The SMILES string of the molecule is CC1C(CCC(O)c2ccc(F)cc2)ON1c1ccc(F)cc1.O=C(NCCc1ccccc1)C(O)C(O)C(O)C(O)CO. The van der Waals surface area contributed by atoms with Gasteiger partial charge in [-0.2, -0.15) is 0 Å².